The number of carbonyl (C=O) groups is 1. The molecule has 0 radical (unpaired) electrons. The minimum absolute atomic E-state index is 0.0498. The van der Waals surface area contributed by atoms with Crippen LogP contribution in [0.25, 0.3) is 11.1 Å². The maximum atomic E-state index is 13.4. The number of primary amides is 1. The number of phenolic OH excluding ortho intramolecular Hbond substituents is 1. The molecule has 2 aromatic carbocycles. The first-order valence-corrected chi connectivity index (χ1v) is 6.38. The quantitative estimate of drug-likeness (QED) is 0.806. The smallest absolute Gasteiger partial charge is 0.419 e. The maximum absolute atomic E-state index is 13.4. The Morgan fingerprint density at radius 3 is 2.43 bits per heavy atom. The fourth-order valence-corrected chi connectivity index (χ4v) is 2.19. The van der Waals surface area contributed by atoms with Crippen molar-refractivity contribution in [1.82, 2.24) is 0 Å². The second kappa shape index (κ2) is 6.07. The monoisotopic (exact) mass is 326 g/mol. The highest BCUT2D eigenvalue weighted by molar-refractivity contribution is 5.91. The SMILES string of the molecule is COc1ccc(-c2cccc(NC(N)=O)c2C(F)(F)F)c(O)c1. The summed E-state index contributed by atoms with van der Waals surface area (Å²) in [6.07, 6.45) is -4.76. The molecule has 0 spiro atoms. The van der Waals surface area contributed by atoms with Gasteiger partial charge in [0.15, 0.2) is 0 Å². The zero-order valence-corrected chi connectivity index (χ0v) is 11.9. The van der Waals surface area contributed by atoms with Crippen molar-refractivity contribution in [3.8, 4) is 22.6 Å². The lowest BCUT2D eigenvalue weighted by Crippen LogP contribution is -2.22. The van der Waals surface area contributed by atoms with Crippen LogP contribution in [0.15, 0.2) is 36.4 Å². The van der Waals surface area contributed by atoms with Crippen molar-refractivity contribution in [3.63, 3.8) is 0 Å². The van der Waals surface area contributed by atoms with Gasteiger partial charge in [0.1, 0.15) is 11.5 Å². The van der Waals surface area contributed by atoms with Crippen molar-refractivity contribution in [2.75, 3.05) is 12.4 Å². The lowest BCUT2D eigenvalue weighted by molar-refractivity contribution is -0.136. The molecule has 2 amide bonds. The van der Waals surface area contributed by atoms with Crippen molar-refractivity contribution < 1.29 is 27.8 Å². The lowest BCUT2D eigenvalue weighted by Gasteiger charge is -2.18. The molecule has 0 aromatic heterocycles. The molecule has 122 valence electrons. The fourth-order valence-electron chi connectivity index (χ4n) is 2.19. The number of nitrogens with one attached hydrogen (secondary N) is 1. The summed E-state index contributed by atoms with van der Waals surface area (Å²) in [7, 11) is 1.37. The summed E-state index contributed by atoms with van der Waals surface area (Å²) in [5.74, 6) is -0.0858. The van der Waals surface area contributed by atoms with E-state index < -0.39 is 23.5 Å². The number of methoxy groups -OCH3 is 1. The number of hydrogen-bond donors (Lipinski definition) is 3. The first-order chi connectivity index (χ1) is 10.7. The fraction of sp³-hybridized carbons (Fsp3) is 0.133. The third kappa shape index (κ3) is 3.47. The molecule has 0 saturated carbocycles. The molecular weight excluding hydrogens is 313 g/mol. The van der Waals surface area contributed by atoms with Gasteiger partial charge in [-0.25, -0.2) is 4.79 Å². The zero-order valence-electron chi connectivity index (χ0n) is 11.9. The molecule has 0 atom stereocenters. The summed E-state index contributed by atoms with van der Waals surface area (Å²) < 4.78 is 45.2. The topological polar surface area (TPSA) is 84.6 Å². The number of nitrogens with two attached hydrogens (primary N) is 1. The number of anilines is 1. The second-order valence-electron chi connectivity index (χ2n) is 4.60. The summed E-state index contributed by atoms with van der Waals surface area (Å²) >= 11 is 0. The van der Waals surface area contributed by atoms with Crippen molar-refractivity contribution in [2.45, 2.75) is 6.18 Å². The van der Waals surface area contributed by atoms with Gasteiger partial charge in [-0.1, -0.05) is 12.1 Å². The minimum Gasteiger partial charge on any atom is -0.507 e. The Morgan fingerprint density at radius 1 is 1.22 bits per heavy atom. The van der Waals surface area contributed by atoms with Gasteiger partial charge in [0.25, 0.3) is 0 Å². The van der Waals surface area contributed by atoms with E-state index in [-0.39, 0.29) is 16.9 Å². The van der Waals surface area contributed by atoms with Crippen LogP contribution in [-0.2, 0) is 6.18 Å². The molecule has 0 aliphatic rings. The summed E-state index contributed by atoms with van der Waals surface area (Å²) in [5.41, 5.74) is 2.99. The van der Waals surface area contributed by atoms with Crippen LogP contribution in [0.3, 0.4) is 0 Å². The molecule has 0 unspecified atom stereocenters. The molecule has 0 saturated heterocycles. The summed E-state index contributed by atoms with van der Waals surface area (Å²) in [6, 6.07) is 6.39. The molecular formula is C15H13F3N2O3. The predicted molar refractivity (Wildman–Crippen MR) is 78.3 cm³/mol. The predicted octanol–water partition coefficient (Wildman–Crippen LogP) is 3.58. The highest BCUT2D eigenvalue weighted by Gasteiger charge is 2.37. The molecule has 23 heavy (non-hydrogen) atoms. The average molecular weight is 326 g/mol. The first kappa shape index (κ1) is 16.5. The molecule has 0 heterocycles. The molecule has 0 fully saturated rings. The zero-order chi connectivity index (χ0) is 17.2. The van der Waals surface area contributed by atoms with E-state index in [0.29, 0.717) is 5.75 Å². The van der Waals surface area contributed by atoms with E-state index in [1.54, 1.807) is 0 Å². The molecule has 5 nitrogen and oxygen atoms in total. The number of halogens is 3. The largest absolute Gasteiger partial charge is 0.507 e. The lowest BCUT2D eigenvalue weighted by atomic mass is 9.96. The Balaban J connectivity index is 2.69. The van der Waals surface area contributed by atoms with Crippen molar-refractivity contribution >= 4 is 11.7 Å². The highest BCUT2D eigenvalue weighted by Crippen LogP contribution is 2.44. The molecule has 0 aliphatic heterocycles. The standard InChI is InChI=1S/C15H13F3N2O3/c1-23-8-5-6-9(12(21)7-8)10-3-2-4-11(20-14(19)22)13(10)15(16,17)18/h2-7,21H,1H3,(H3,19,20,22). The molecule has 2 aromatic rings. The van der Waals surface area contributed by atoms with Crippen LogP contribution < -0.4 is 15.8 Å². The van der Waals surface area contributed by atoms with Crippen molar-refractivity contribution in [1.29, 1.82) is 0 Å². The van der Waals surface area contributed by atoms with Gasteiger partial charge in [0, 0.05) is 11.6 Å². The van der Waals surface area contributed by atoms with E-state index in [1.807, 2.05) is 5.32 Å². The van der Waals surface area contributed by atoms with E-state index in [9.17, 15) is 23.1 Å². The number of phenols is 1. The van der Waals surface area contributed by atoms with Crippen LogP contribution in [0.5, 0.6) is 11.5 Å². The van der Waals surface area contributed by atoms with Gasteiger partial charge in [-0.2, -0.15) is 13.2 Å². The Morgan fingerprint density at radius 2 is 1.91 bits per heavy atom. The van der Waals surface area contributed by atoms with Crippen LogP contribution in [-0.4, -0.2) is 18.2 Å². The van der Waals surface area contributed by atoms with E-state index in [1.165, 1.54) is 37.4 Å². The number of benzene rings is 2. The minimum atomic E-state index is -4.76. The van der Waals surface area contributed by atoms with Gasteiger partial charge < -0.3 is 20.9 Å². The van der Waals surface area contributed by atoms with Gasteiger partial charge in [-0.05, 0) is 23.8 Å². The maximum Gasteiger partial charge on any atom is 0.419 e. The van der Waals surface area contributed by atoms with Crippen LogP contribution in [0.2, 0.25) is 0 Å². The number of carbonyl (C=O) groups excluding carboxylic acids is 1. The third-order valence-corrected chi connectivity index (χ3v) is 3.10. The van der Waals surface area contributed by atoms with Crippen LogP contribution in [0.4, 0.5) is 23.7 Å². The van der Waals surface area contributed by atoms with E-state index in [0.717, 1.165) is 6.07 Å². The summed E-state index contributed by atoms with van der Waals surface area (Å²) in [4.78, 5) is 10.9. The summed E-state index contributed by atoms with van der Waals surface area (Å²) in [5, 5.41) is 11.9. The number of hydrogen-bond acceptors (Lipinski definition) is 3. The normalized spacial score (nSPS) is 11.1. The van der Waals surface area contributed by atoms with Gasteiger partial charge in [0.05, 0.1) is 18.4 Å². The van der Waals surface area contributed by atoms with E-state index in [4.69, 9.17) is 10.5 Å². The molecule has 2 rings (SSSR count). The molecule has 0 bridgehead atoms. The molecule has 0 aliphatic carbocycles. The number of ether oxygens (including phenoxy) is 1. The highest BCUT2D eigenvalue weighted by atomic mass is 19.4. The first-order valence-electron chi connectivity index (χ1n) is 6.38. The Labute approximate surface area is 129 Å². The van der Waals surface area contributed by atoms with Crippen molar-refractivity contribution in [2.24, 2.45) is 5.73 Å². The van der Waals surface area contributed by atoms with Crippen molar-refractivity contribution in [3.05, 3.63) is 42.0 Å². The van der Waals surface area contributed by atoms with E-state index >= 15 is 0 Å². The van der Waals surface area contributed by atoms with Crippen LogP contribution in [0.1, 0.15) is 5.56 Å². The Kier molecular flexibility index (Phi) is 4.35. The Bertz CT molecular complexity index is 745. The van der Waals surface area contributed by atoms with Crippen LogP contribution >= 0.6 is 0 Å². The average Bonchev–Trinajstić information content (AvgIpc) is 2.45. The molecule has 4 N–H and O–H groups in total. The number of urea groups is 1. The van der Waals surface area contributed by atoms with Crippen LogP contribution in [0, 0.1) is 0 Å². The van der Waals surface area contributed by atoms with Gasteiger partial charge in [0.2, 0.25) is 0 Å². The van der Waals surface area contributed by atoms with Gasteiger partial charge >= 0.3 is 12.2 Å². The van der Waals surface area contributed by atoms with Gasteiger partial charge in [-0.3, -0.25) is 0 Å². The summed E-state index contributed by atoms with van der Waals surface area (Å²) in [6.45, 7) is 0. The number of rotatable bonds is 3. The third-order valence-electron chi connectivity index (χ3n) is 3.10. The van der Waals surface area contributed by atoms with E-state index in [2.05, 4.69) is 0 Å². The number of amides is 2. The molecule has 8 heteroatoms. The number of alkyl halides is 3. The second-order valence-corrected chi connectivity index (χ2v) is 4.60. The Hall–Kier alpha value is -2.90. The van der Waals surface area contributed by atoms with Gasteiger partial charge in [-0.15, -0.1) is 0 Å². The number of aromatic hydroxyl groups is 1.